The molecule has 6 heteroatoms. The number of rotatable bonds is 2. The molecule has 0 unspecified atom stereocenters. The van der Waals surface area contributed by atoms with Crippen molar-refractivity contribution in [1.29, 1.82) is 0 Å². The lowest BCUT2D eigenvalue weighted by molar-refractivity contribution is 0.535. The Morgan fingerprint density at radius 3 is 2.60 bits per heavy atom. The van der Waals surface area contributed by atoms with Crippen LogP contribution in [0.5, 0.6) is 0 Å². The molecule has 102 valence electrons. The fraction of sp³-hybridized carbons (Fsp3) is 0.0714. The van der Waals surface area contributed by atoms with Crippen LogP contribution in [-0.4, -0.2) is 10.2 Å². The van der Waals surface area contributed by atoms with Gasteiger partial charge in [0.05, 0.1) is 21.3 Å². The zero-order chi connectivity index (χ0) is 14.3. The second-order valence-electron chi connectivity index (χ2n) is 4.43. The summed E-state index contributed by atoms with van der Waals surface area (Å²) in [4.78, 5) is 0. The summed E-state index contributed by atoms with van der Waals surface area (Å²) in [6, 6.07) is 7.26. The van der Waals surface area contributed by atoms with Crippen molar-refractivity contribution in [2.45, 2.75) is 6.92 Å². The van der Waals surface area contributed by atoms with E-state index in [0.717, 1.165) is 28.1 Å². The first-order chi connectivity index (χ1) is 9.56. The molecule has 0 fully saturated rings. The molecule has 0 bridgehead atoms. The number of nitrogen functional groups attached to an aromatic ring is 1. The number of anilines is 1. The van der Waals surface area contributed by atoms with Gasteiger partial charge >= 0.3 is 0 Å². The Balaban J connectivity index is 2.18. The van der Waals surface area contributed by atoms with Crippen molar-refractivity contribution in [2.24, 2.45) is 0 Å². The van der Waals surface area contributed by atoms with E-state index in [2.05, 4.69) is 10.2 Å². The first-order valence-corrected chi connectivity index (χ1v) is 6.66. The highest BCUT2D eigenvalue weighted by Gasteiger charge is 2.17. The Hall–Kier alpha value is -1.91. The Morgan fingerprint density at radius 1 is 1.15 bits per heavy atom. The second kappa shape index (κ2) is 4.89. The van der Waals surface area contributed by atoms with Crippen LogP contribution < -0.4 is 5.73 Å². The van der Waals surface area contributed by atoms with Gasteiger partial charge in [-0.1, -0.05) is 29.3 Å². The van der Waals surface area contributed by atoms with E-state index in [1.165, 1.54) is 0 Å². The summed E-state index contributed by atoms with van der Waals surface area (Å²) in [5, 5.41) is 7.96. The summed E-state index contributed by atoms with van der Waals surface area (Å²) < 4.78 is 5.33. The maximum Gasteiger partial charge on any atom is 0.153 e. The van der Waals surface area contributed by atoms with Crippen LogP contribution in [0.3, 0.4) is 0 Å². The lowest BCUT2D eigenvalue weighted by Crippen LogP contribution is -1.88. The third-order valence-electron chi connectivity index (χ3n) is 3.02. The van der Waals surface area contributed by atoms with E-state index >= 15 is 0 Å². The molecule has 0 aliphatic heterocycles. The largest absolute Gasteiger partial charge is 0.469 e. The number of aromatic nitrogens is 2. The predicted octanol–water partition coefficient (Wildman–Crippen LogP) is 4.53. The Bertz CT molecular complexity index is 777. The number of hydrogen-bond acceptors (Lipinski definition) is 3. The van der Waals surface area contributed by atoms with Crippen LogP contribution in [0.1, 0.15) is 5.76 Å². The van der Waals surface area contributed by atoms with Gasteiger partial charge in [0.1, 0.15) is 12.0 Å². The molecule has 0 saturated heterocycles. The zero-order valence-electron chi connectivity index (χ0n) is 10.6. The van der Waals surface area contributed by atoms with Crippen LogP contribution >= 0.6 is 23.2 Å². The highest BCUT2D eigenvalue weighted by atomic mass is 35.5. The molecule has 2 heterocycles. The van der Waals surface area contributed by atoms with Gasteiger partial charge in [0.15, 0.2) is 5.82 Å². The first kappa shape index (κ1) is 13.1. The minimum Gasteiger partial charge on any atom is -0.469 e. The van der Waals surface area contributed by atoms with Gasteiger partial charge < -0.3 is 10.2 Å². The average molecular weight is 308 g/mol. The van der Waals surface area contributed by atoms with E-state index in [9.17, 15) is 0 Å². The summed E-state index contributed by atoms with van der Waals surface area (Å²) in [7, 11) is 0. The molecule has 4 nitrogen and oxygen atoms in total. The number of furan rings is 1. The van der Waals surface area contributed by atoms with E-state index in [-0.39, 0.29) is 0 Å². The Labute approximate surface area is 125 Å². The van der Waals surface area contributed by atoms with Crippen molar-refractivity contribution >= 4 is 29.0 Å². The summed E-state index contributed by atoms with van der Waals surface area (Å²) in [5.41, 5.74) is 9.26. The van der Waals surface area contributed by atoms with Gasteiger partial charge in [0.2, 0.25) is 0 Å². The van der Waals surface area contributed by atoms with E-state index < -0.39 is 0 Å². The average Bonchev–Trinajstić information content (AvgIpc) is 2.99. The van der Waals surface area contributed by atoms with Gasteiger partial charge in [0.25, 0.3) is 0 Å². The number of halogens is 2. The van der Waals surface area contributed by atoms with Crippen molar-refractivity contribution in [2.75, 3.05) is 5.73 Å². The highest BCUT2D eigenvalue weighted by Crippen LogP contribution is 2.37. The maximum absolute atomic E-state index is 6.06. The number of benzene rings is 1. The SMILES string of the molecule is Cc1cc(-c2[nH]nc(N)c2-c2ccc(Cl)c(Cl)c2)co1. The molecule has 0 aliphatic carbocycles. The van der Waals surface area contributed by atoms with Gasteiger partial charge in [-0.2, -0.15) is 5.10 Å². The van der Waals surface area contributed by atoms with Crippen molar-refractivity contribution in [3.05, 3.63) is 46.3 Å². The number of nitrogens with one attached hydrogen (secondary N) is 1. The number of aryl methyl sites for hydroxylation is 1. The summed E-state index contributed by atoms with van der Waals surface area (Å²) in [6.45, 7) is 1.88. The summed E-state index contributed by atoms with van der Waals surface area (Å²) in [6.07, 6.45) is 1.66. The molecule has 0 amide bonds. The third kappa shape index (κ3) is 2.17. The number of nitrogens with two attached hydrogens (primary N) is 1. The van der Waals surface area contributed by atoms with E-state index in [1.807, 2.05) is 19.1 Å². The molecule has 3 rings (SSSR count). The number of nitrogens with zero attached hydrogens (tertiary/aromatic N) is 1. The number of H-pyrrole nitrogens is 1. The molecule has 0 aliphatic rings. The molecule has 0 spiro atoms. The maximum atomic E-state index is 6.06. The molecule has 2 aromatic heterocycles. The second-order valence-corrected chi connectivity index (χ2v) is 5.25. The van der Waals surface area contributed by atoms with E-state index in [0.29, 0.717) is 15.9 Å². The fourth-order valence-corrected chi connectivity index (χ4v) is 2.38. The van der Waals surface area contributed by atoms with Crippen molar-refractivity contribution in [1.82, 2.24) is 10.2 Å². The predicted molar refractivity (Wildman–Crippen MR) is 80.9 cm³/mol. The van der Waals surface area contributed by atoms with Crippen LogP contribution in [0.15, 0.2) is 34.9 Å². The lowest BCUT2D eigenvalue weighted by Gasteiger charge is -2.04. The number of aromatic amines is 1. The Morgan fingerprint density at radius 2 is 1.95 bits per heavy atom. The normalized spacial score (nSPS) is 10.9. The van der Waals surface area contributed by atoms with Crippen LogP contribution in [0.25, 0.3) is 22.4 Å². The molecule has 0 atom stereocenters. The van der Waals surface area contributed by atoms with Gasteiger partial charge in [0, 0.05) is 5.56 Å². The molecule has 0 radical (unpaired) electrons. The highest BCUT2D eigenvalue weighted by molar-refractivity contribution is 6.42. The minimum atomic E-state index is 0.400. The van der Waals surface area contributed by atoms with Crippen LogP contribution in [0.2, 0.25) is 10.0 Å². The molecule has 0 saturated carbocycles. The smallest absolute Gasteiger partial charge is 0.153 e. The summed E-state index contributed by atoms with van der Waals surface area (Å²) in [5.74, 6) is 1.21. The first-order valence-electron chi connectivity index (χ1n) is 5.91. The molecule has 3 aromatic rings. The quantitative estimate of drug-likeness (QED) is 0.730. The summed E-state index contributed by atoms with van der Waals surface area (Å²) >= 11 is 12.0. The molecule has 20 heavy (non-hydrogen) atoms. The third-order valence-corrected chi connectivity index (χ3v) is 3.76. The molecular weight excluding hydrogens is 297 g/mol. The van der Waals surface area contributed by atoms with Crippen molar-refractivity contribution in [3.8, 4) is 22.4 Å². The van der Waals surface area contributed by atoms with Crippen LogP contribution in [-0.2, 0) is 0 Å². The topological polar surface area (TPSA) is 67.8 Å². The standard InChI is InChI=1S/C14H11Cl2N3O/c1-7-4-9(6-20-7)13-12(14(17)19-18-13)8-2-3-10(15)11(16)5-8/h2-6H,1H3,(H3,17,18,19). The fourth-order valence-electron chi connectivity index (χ4n) is 2.08. The van der Waals surface area contributed by atoms with E-state index in [4.69, 9.17) is 33.4 Å². The Kier molecular flexibility index (Phi) is 3.20. The van der Waals surface area contributed by atoms with Crippen molar-refractivity contribution in [3.63, 3.8) is 0 Å². The van der Waals surface area contributed by atoms with Crippen LogP contribution in [0, 0.1) is 6.92 Å². The molecule has 1 aromatic carbocycles. The molecule has 3 N–H and O–H groups in total. The minimum absolute atomic E-state index is 0.400. The molecular formula is C14H11Cl2N3O. The van der Waals surface area contributed by atoms with Gasteiger partial charge in [-0.3, -0.25) is 5.10 Å². The monoisotopic (exact) mass is 307 g/mol. The van der Waals surface area contributed by atoms with Gasteiger partial charge in [-0.25, -0.2) is 0 Å². The van der Waals surface area contributed by atoms with Gasteiger partial charge in [-0.15, -0.1) is 0 Å². The van der Waals surface area contributed by atoms with Crippen LogP contribution in [0.4, 0.5) is 5.82 Å². The van der Waals surface area contributed by atoms with Crippen molar-refractivity contribution < 1.29 is 4.42 Å². The zero-order valence-corrected chi connectivity index (χ0v) is 12.1. The number of hydrogen-bond donors (Lipinski definition) is 2. The van der Waals surface area contributed by atoms with E-state index in [1.54, 1.807) is 18.4 Å². The lowest BCUT2D eigenvalue weighted by atomic mass is 10.0. The van der Waals surface area contributed by atoms with Gasteiger partial charge in [-0.05, 0) is 30.7 Å².